The van der Waals surface area contributed by atoms with E-state index in [1.54, 1.807) is 34.6 Å². The Hall–Kier alpha value is -3.37. The van der Waals surface area contributed by atoms with E-state index in [-0.39, 0.29) is 12.8 Å². The number of aliphatic carboxylic acids is 2. The summed E-state index contributed by atoms with van der Waals surface area (Å²) in [5.41, 5.74) is -3.93. The summed E-state index contributed by atoms with van der Waals surface area (Å²) in [6.07, 6.45) is -0.600. The van der Waals surface area contributed by atoms with E-state index >= 15 is 0 Å². The van der Waals surface area contributed by atoms with Crippen LogP contribution in [0.25, 0.3) is 0 Å². The third kappa shape index (κ3) is 4.28. The molecule has 0 heterocycles. The van der Waals surface area contributed by atoms with Crippen molar-refractivity contribution in [2.24, 2.45) is 23.2 Å². The molecule has 0 bridgehead atoms. The maximum atomic E-state index is 13.2. The average molecular weight is 494 g/mol. The molecule has 0 aromatic heterocycles. The van der Waals surface area contributed by atoms with E-state index < -0.39 is 70.2 Å². The minimum absolute atomic E-state index is 0.144. The number of fused-ring (bicyclic) bond motifs is 1. The molecular formula is C24H32FN3O7. The minimum Gasteiger partial charge on any atom is -0.481 e. The minimum atomic E-state index is -1.99. The van der Waals surface area contributed by atoms with Crippen molar-refractivity contribution < 1.29 is 38.5 Å². The third-order valence-electron chi connectivity index (χ3n) is 7.24. The second kappa shape index (κ2) is 9.01. The van der Waals surface area contributed by atoms with Gasteiger partial charge in [-0.25, -0.2) is 18.8 Å². The first-order valence-corrected chi connectivity index (χ1v) is 11.6. The zero-order chi connectivity index (χ0) is 26.3. The smallest absolute Gasteiger partial charge is 0.408 e. The summed E-state index contributed by atoms with van der Waals surface area (Å²) >= 11 is 0. The molecule has 11 heteroatoms. The monoisotopic (exact) mass is 493 g/mol. The van der Waals surface area contributed by atoms with E-state index in [0.717, 1.165) is 0 Å². The van der Waals surface area contributed by atoms with Crippen LogP contribution < -0.4 is 16.0 Å². The summed E-state index contributed by atoms with van der Waals surface area (Å²) in [6.45, 7) is 8.29. The zero-order valence-electron chi connectivity index (χ0n) is 20.3. The molecule has 2 aliphatic rings. The van der Waals surface area contributed by atoms with Crippen LogP contribution in [0.5, 0.6) is 0 Å². The number of nitrogens with one attached hydrogen (secondary N) is 3. The predicted octanol–water partition coefficient (Wildman–Crippen LogP) is 3.43. The Labute approximate surface area is 202 Å². The Morgan fingerprint density at radius 3 is 2.14 bits per heavy atom. The largest absolute Gasteiger partial charge is 0.481 e. The molecule has 2 saturated carbocycles. The number of hydrogen-bond donors (Lipinski definition) is 5. The van der Waals surface area contributed by atoms with E-state index in [1.807, 2.05) is 0 Å². The van der Waals surface area contributed by atoms with Gasteiger partial charge in [0.2, 0.25) is 0 Å². The van der Waals surface area contributed by atoms with Gasteiger partial charge in [0, 0.05) is 29.0 Å². The number of benzene rings is 1. The normalized spacial score (nSPS) is 31.1. The summed E-state index contributed by atoms with van der Waals surface area (Å²) in [6, 6.07) is 3.50. The zero-order valence-corrected chi connectivity index (χ0v) is 20.3. The maximum Gasteiger partial charge on any atom is 0.408 e. The SMILES string of the molecule is CCC1C(NC(=O)Nc2ccc(F)cc2)C2C(C(=O)O)C2(CC)C1(NC(=O)OC(C)(C)C)C(=O)O. The van der Waals surface area contributed by atoms with Crippen LogP contribution in [0.3, 0.4) is 0 Å². The molecule has 6 unspecified atom stereocenters. The van der Waals surface area contributed by atoms with E-state index in [1.165, 1.54) is 24.3 Å². The number of carboxylic acid groups (broad SMARTS) is 2. The van der Waals surface area contributed by atoms with E-state index in [9.17, 15) is 33.8 Å². The average Bonchev–Trinajstić information content (AvgIpc) is 3.37. The number of carbonyl (C=O) groups excluding carboxylic acids is 2. The van der Waals surface area contributed by atoms with Crippen molar-refractivity contribution in [3.63, 3.8) is 0 Å². The molecule has 6 atom stereocenters. The second-order valence-corrected chi connectivity index (χ2v) is 10.1. The van der Waals surface area contributed by atoms with E-state index in [0.29, 0.717) is 5.69 Å². The number of alkyl carbamates (subject to hydrolysis) is 1. The second-order valence-electron chi connectivity index (χ2n) is 10.1. The van der Waals surface area contributed by atoms with Gasteiger partial charge in [0.05, 0.1) is 5.92 Å². The molecule has 192 valence electrons. The van der Waals surface area contributed by atoms with Crippen LogP contribution >= 0.6 is 0 Å². The molecule has 1 aromatic rings. The number of ether oxygens (including phenoxy) is 1. The molecule has 35 heavy (non-hydrogen) atoms. The van der Waals surface area contributed by atoms with Crippen LogP contribution in [-0.2, 0) is 14.3 Å². The Kier molecular flexibility index (Phi) is 6.75. The van der Waals surface area contributed by atoms with Crippen molar-refractivity contribution in [1.29, 1.82) is 0 Å². The highest BCUT2D eigenvalue weighted by molar-refractivity contribution is 5.93. The first-order chi connectivity index (χ1) is 16.2. The molecule has 3 amide bonds. The number of hydrogen-bond acceptors (Lipinski definition) is 5. The van der Waals surface area contributed by atoms with Gasteiger partial charge in [0.15, 0.2) is 5.54 Å². The number of rotatable bonds is 7. The Bertz CT molecular complexity index is 1020. The fourth-order valence-corrected chi connectivity index (χ4v) is 6.17. The van der Waals surface area contributed by atoms with Crippen molar-refractivity contribution >= 4 is 29.8 Å². The lowest BCUT2D eigenvalue weighted by Gasteiger charge is -2.42. The summed E-state index contributed by atoms with van der Waals surface area (Å²) in [7, 11) is 0. The Morgan fingerprint density at radius 1 is 1.09 bits per heavy atom. The fraction of sp³-hybridized carbons (Fsp3) is 0.583. The van der Waals surface area contributed by atoms with Crippen LogP contribution in [0.4, 0.5) is 19.7 Å². The van der Waals surface area contributed by atoms with Crippen LogP contribution in [0.15, 0.2) is 24.3 Å². The van der Waals surface area contributed by atoms with Crippen LogP contribution in [0, 0.1) is 29.0 Å². The first-order valence-electron chi connectivity index (χ1n) is 11.6. The van der Waals surface area contributed by atoms with Gasteiger partial charge < -0.3 is 30.9 Å². The van der Waals surface area contributed by atoms with Gasteiger partial charge in [0.1, 0.15) is 11.4 Å². The Morgan fingerprint density at radius 2 is 1.69 bits per heavy atom. The molecule has 0 radical (unpaired) electrons. The van der Waals surface area contributed by atoms with Gasteiger partial charge in [-0.1, -0.05) is 13.8 Å². The van der Waals surface area contributed by atoms with Gasteiger partial charge in [0.25, 0.3) is 0 Å². The van der Waals surface area contributed by atoms with Gasteiger partial charge in [-0.3, -0.25) is 4.79 Å². The summed E-state index contributed by atoms with van der Waals surface area (Å²) in [4.78, 5) is 50.7. The Balaban J connectivity index is 2.00. The third-order valence-corrected chi connectivity index (χ3v) is 7.24. The number of amides is 3. The first kappa shape index (κ1) is 26.2. The molecular weight excluding hydrogens is 461 g/mol. The molecule has 0 aliphatic heterocycles. The van der Waals surface area contributed by atoms with Crippen LogP contribution in [0.2, 0.25) is 0 Å². The molecule has 0 saturated heterocycles. The molecule has 2 aliphatic carbocycles. The lowest BCUT2D eigenvalue weighted by molar-refractivity contribution is -0.153. The standard InChI is InChI=1S/C24H32FN3O7/c1-6-14-17(27-20(33)26-13-10-8-12(25)9-11-13)15-16(18(29)30)23(15,7-2)24(14,19(31)32)28-21(34)35-22(3,4)5/h8-11,14-17H,6-7H2,1-5H3,(H,28,34)(H,29,30)(H,31,32)(H2,26,27,33). The number of carbonyl (C=O) groups is 4. The van der Waals surface area contributed by atoms with Gasteiger partial charge in [-0.15, -0.1) is 0 Å². The summed E-state index contributed by atoms with van der Waals surface area (Å²) in [5.74, 6) is -5.72. The van der Waals surface area contributed by atoms with E-state index in [4.69, 9.17) is 4.74 Å². The highest BCUT2D eigenvalue weighted by atomic mass is 19.1. The molecule has 2 fully saturated rings. The molecule has 5 N–H and O–H groups in total. The fourth-order valence-electron chi connectivity index (χ4n) is 6.17. The molecule has 1 aromatic carbocycles. The lowest BCUT2D eigenvalue weighted by atomic mass is 9.70. The van der Waals surface area contributed by atoms with Gasteiger partial charge in [-0.05, 0) is 57.9 Å². The predicted molar refractivity (Wildman–Crippen MR) is 123 cm³/mol. The van der Waals surface area contributed by atoms with Gasteiger partial charge >= 0.3 is 24.1 Å². The number of anilines is 1. The van der Waals surface area contributed by atoms with Crippen molar-refractivity contribution in [2.45, 2.75) is 64.6 Å². The van der Waals surface area contributed by atoms with Crippen molar-refractivity contribution in [3.8, 4) is 0 Å². The topological polar surface area (TPSA) is 154 Å². The van der Waals surface area contributed by atoms with Crippen molar-refractivity contribution in [3.05, 3.63) is 30.1 Å². The van der Waals surface area contributed by atoms with Crippen LogP contribution in [-0.4, -0.2) is 51.5 Å². The number of carboxylic acids is 2. The van der Waals surface area contributed by atoms with E-state index in [2.05, 4.69) is 16.0 Å². The summed E-state index contributed by atoms with van der Waals surface area (Å²) in [5, 5.41) is 28.3. The maximum absolute atomic E-state index is 13.2. The van der Waals surface area contributed by atoms with Gasteiger partial charge in [-0.2, -0.15) is 0 Å². The highest BCUT2D eigenvalue weighted by Gasteiger charge is 2.88. The lowest BCUT2D eigenvalue weighted by Crippen LogP contribution is -2.66. The number of urea groups is 1. The highest BCUT2D eigenvalue weighted by Crippen LogP contribution is 2.76. The van der Waals surface area contributed by atoms with Crippen LogP contribution in [0.1, 0.15) is 47.5 Å². The van der Waals surface area contributed by atoms with Crippen molar-refractivity contribution in [2.75, 3.05) is 5.32 Å². The summed E-state index contributed by atoms with van der Waals surface area (Å²) < 4.78 is 18.5. The number of halogens is 1. The quantitative estimate of drug-likeness (QED) is 0.390. The molecule has 3 rings (SSSR count). The van der Waals surface area contributed by atoms with Crippen molar-refractivity contribution in [1.82, 2.24) is 10.6 Å². The molecule has 10 nitrogen and oxygen atoms in total. The molecule has 0 spiro atoms.